The van der Waals surface area contributed by atoms with Crippen molar-refractivity contribution < 1.29 is 14.7 Å². The van der Waals surface area contributed by atoms with Gasteiger partial charge in [0.1, 0.15) is 0 Å². The molecular weight excluding hydrogens is 218 g/mol. The van der Waals surface area contributed by atoms with Crippen molar-refractivity contribution in [1.82, 2.24) is 4.90 Å². The second-order valence-corrected chi connectivity index (χ2v) is 5.39. The van der Waals surface area contributed by atoms with Gasteiger partial charge in [-0.15, -0.1) is 0 Å². The van der Waals surface area contributed by atoms with E-state index in [1.807, 2.05) is 4.90 Å². The van der Waals surface area contributed by atoms with Crippen molar-refractivity contribution in [2.75, 3.05) is 13.1 Å². The van der Waals surface area contributed by atoms with Crippen LogP contribution in [0.15, 0.2) is 0 Å². The van der Waals surface area contributed by atoms with Gasteiger partial charge < -0.3 is 10.0 Å². The fourth-order valence-corrected chi connectivity index (χ4v) is 2.50. The Morgan fingerprint density at radius 2 is 2.12 bits per heavy atom. The second kappa shape index (κ2) is 6.62. The summed E-state index contributed by atoms with van der Waals surface area (Å²) in [6.07, 6.45) is 3.69. The first-order valence-corrected chi connectivity index (χ1v) is 6.48. The molecule has 4 nitrogen and oxygen atoms in total. The first-order chi connectivity index (χ1) is 7.99. The zero-order chi connectivity index (χ0) is 12.8. The molecular formula is C13H23NO3. The third kappa shape index (κ3) is 5.20. The minimum absolute atomic E-state index is 0.0922. The van der Waals surface area contributed by atoms with Gasteiger partial charge in [-0.1, -0.05) is 13.8 Å². The Labute approximate surface area is 103 Å². The van der Waals surface area contributed by atoms with Crippen LogP contribution in [0.2, 0.25) is 0 Å². The maximum atomic E-state index is 11.7. The predicted octanol–water partition coefficient (Wildman–Crippen LogP) is 2.14. The fourth-order valence-electron chi connectivity index (χ4n) is 2.50. The Balaban J connectivity index is 2.51. The summed E-state index contributed by atoms with van der Waals surface area (Å²) in [6, 6.07) is 0. The SMILES string of the molecule is CC(C)CC(CC(=O)O)CN1CCCCC1=O. The van der Waals surface area contributed by atoms with Gasteiger partial charge in [-0.3, -0.25) is 9.59 Å². The van der Waals surface area contributed by atoms with E-state index in [1.165, 1.54) is 0 Å². The summed E-state index contributed by atoms with van der Waals surface area (Å²) >= 11 is 0. The van der Waals surface area contributed by atoms with Crippen LogP contribution in [0, 0.1) is 11.8 Å². The lowest BCUT2D eigenvalue weighted by molar-refractivity contribution is -0.140. The summed E-state index contributed by atoms with van der Waals surface area (Å²) < 4.78 is 0. The number of hydrogen-bond acceptors (Lipinski definition) is 2. The number of piperidine rings is 1. The number of carboxylic acids is 1. The Hall–Kier alpha value is -1.06. The van der Waals surface area contributed by atoms with E-state index < -0.39 is 5.97 Å². The molecule has 1 fully saturated rings. The Bertz CT molecular complexity index is 276. The number of rotatable bonds is 6. The van der Waals surface area contributed by atoms with Gasteiger partial charge in [0.05, 0.1) is 0 Å². The molecule has 1 atom stereocenters. The minimum atomic E-state index is -0.764. The molecule has 0 bridgehead atoms. The lowest BCUT2D eigenvalue weighted by Crippen LogP contribution is -2.39. The third-order valence-electron chi connectivity index (χ3n) is 3.17. The van der Waals surface area contributed by atoms with Crippen LogP contribution in [0.25, 0.3) is 0 Å². The van der Waals surface area contributed by atoms with Crippen molar-refractivity contribution in [3.05, 3.63) is 0 Å². The zero-order valence-electron chi connectivity index (χ0n) is 10.8. The largest absolute Gasteiger partial charge is 0.481 e. The number of carbonyl (C=O) groups excluding carboxylic acids is 1. The van der Waals surface area contributed by atoms with Gasteiger partial charge in [0.2, 0.25) is 5.91 Å². The maximum Gasteiger partial charge on any atom is 0.303 e. The molecule has 1 heterocycles. The highest BCUT2D eigenvalue weighted by Gasteiger charge is 2.23. The van der Waals surface area contributed by atoms with E-state index >= 15 is 0 Å². The van der Waals surface area contributed by atoms with Gasteiger partial charge in [0.25, 0.3) is 0 Å². The molecule has 1 N–H and O–H groups in total. The van der Waals surface area contributed by atoms with E-state index in [4.69, 9.17) is 5.11 Å². The molecule has 4 heteroatoms. The van der Waals surface area contributed by atoms with Crippen LogP contribution in [0.1, 0.15) is 46.0 Å². The topological polar surface area (TPSA) is 57.6 Å². The van der Waals surface area contributed by atoms with Gasteiger partial charge in [-0.2, -0.15) is 0 Å². The molecule has 1 aliphatic heterocycles. The smallest absolute Gasteiger partial charge is 0.303 e. The lowest BCUT2D eigenvalue weighted by atomic mass is 9.93. The number of amides is 1. The predicted molar refractivity (Wildman–Crippen MR) is 65.6 cm³/mol. The summed E-state index contributed by atoms with van der Waals surface area (Å²) in [4.78, 5) is 24.3. The molecule has 17 heavy (non-hydrogen) atoms. The van der Waals surface area contributed by atoms with Gasteiger partial charge in [-0.25, -0.2) is 0 Å². The third-order valence-corrected chi connectivity index (χ3v) is 3.17. The summed E-state index contributed by atoms with van der Waals surface area (Å²) in [5.74, 6) is -0.00991. The van der Waals surface area contributed by atoms with E-state index in [-0.39, 0.29) is 18.2 Å². The fraction of sp³-hybridized carbons (Fsp3) is 0.846. The van der Waals surface area contributed by atoms with E-state index in [0.29, 0.717) is 18.9 Å². The molecule has 0 aromatic rings. The molecule has 1 rings (SSSR count). The van der Waals surface area contributed by atoms with E-state index in [2.05, 4.69) is 13.8 Å². The van der Waals surface area contributed by atoms with Crippen LogP contribution in [-0.4, -0.2) is 35.0 Å². The van der Waals surface area contributed by atoms with E-state index in [0.717, 1.165) is 25.8 Å². The molecule has 0 aliphatic carbocycles. The monoisotopic (exact) mass is 241 g/mol. The summed E-state index contributed by atoms with van der Waals surface area (Å²) in [5.41, 5.74) is 0. The van der Waals surface area contributed by atoms with Crippen molar-refractivity contribution in [2.24, 2.45) is 11.8 Å². The van der Waals surface area contributed by atoms with Crippen molar-refractivity contribution >= 4 is 11.9 Å². The lowest BCUT2D eigenvalue weighted by Gasteiger charge is -2.30. The molecule has 0 aromatic heterocycles. The Kier molecular flexibility index (Phi) is 5.45. The normalized spacial score (nSPS) is 18.5. The van der Waals surface area contributed by atoms with Crippen molar-refractivity contribution in [3.63, 3.8) is 0 Å². The molecule has 98 valence electrons. The van der Waals surface area contributed by atoms with E-state index in [1.54, 1.807) is 0 Å². The second-order valence-electron chi connectivity index (χ2n) is 5.39. The van der Waals surface area contributed by atoms with Crippen LogP contribution >= 0.6 is 0 Å². The summed E-state index contributed by atoms with van der Waals surface area (Å²) in [5, 5.41) is 8.89. The molecule has 1 saturated heterocycles. The highest BCUT2D eigenvalue weighted by Crippen LogP contribution is 2.20. The minimum Gasteiger partial charge on any atom is -0.481 e. The molecule has 1 unspecified atom stereocenters. The first kappa shape index (κ1) is 14.0. The average molecular weight is 241 g/mol. The highest BCUT2D eigenvalue weighted by atomic mass is 16.4. The van der Waals surface area contributed by atoms with Gasteiger partial charge in [0.15, 0.2) is 0 Å². The zero-order valence-corrected chi connectivity index (χ0v) is 10.8. The number of nitrogens with zero attached hydrogens (tertiary/aromatic N) is 1. The standard InChI is InChI=1S/C13H23NO3/c1-10(2)7-11(8-13(16)17)9-14-6-4-3-5-12(14)15/h10-11H,3-9H2,1-2H3,(H,16,17). The van der Waals surface area contributed by atoms with E-state index in [9.17, 15) is 9.59 Å². The first-order valence-electron chi connectivity index (χ1n) is 6.48. The molecule has 0 saturated carbocycles. The van der Waals surface area contributed by atoms with Crippen LogP contribution in [-0.2, 0) is 9.59 Å². The number of carboxylic acid groups (broad SMARTS) is 1. The number of aliphatic carboxylic acids is 1. The van der Waals surface area contributed by atoms with Gasteiger partial charge >= 0.3 is 5.97 Å². The van der Waals surface area contributed by atoms with Gasteiger partial charge in [0, 0.05) is 25.9 Å². The number of hydrogen-bond donors (Lipinski definition) is 1. The highest BCUT2D eigenvalue weighted by molar-refractivity contribution is 5.76. The van der Waals surface area contributed by atoms with Crippen molar-refractivity contribution in [3.8, 4) is 0 Å². The molecule has 0 aromatic carbocycles. The Morgan fingerprint density at radius 1 is 1.41 bits per heavy atom. The van der Waals surface area contributed by atoms with Gasteiger partial charge in [-0.05, 0) is 31.1 Å². The summed E-state index contributed by atoms with van der Waals surface area (Å²) in [6.45, 7) is 5.59. The average Bonchev–Trinajstić information content (AvgIpc) is 2.19. The number of likely N-dealkylation sites (tertiary alicyclic amines) is 1. The maximum absolute atomic E-state index is 11.7. The van der Waals surface area contributed by atoms with Crippen LogP contribution in [0.4, 0.5) is 0 Å². The molecule has 1 amide bonds. The Morgan fingerprint density at radius 3 is 2.65 bits per heavy atom. The van der Waals surface area contributed by atoms with Crippen LogP contribution in [0.3, 0.4) is 0 Å². The molecule has 1 aliphatic rings. The summed E-state index contributed by atoms with van der Waals surface area (Å²) in [7, 11) is 0. The van der Waals surface area contributed by atoms with Crippen molar-refractivity contribution in [2.45, 2.75) is 46.0 Å². The van der Waals surface area contributed by atoms with Crippen LogP contribution < -0.4 is 0 Å². The van der Waals surface area contributed by atoms with Crippen molar-refractivity contribution in [1.29, 1.82) is 0 Å². The molecule has 0 radical (unpaired) electrons. The quantitative estimate of drug-likeness (QED) is 0.775. The number of carbonyl (C=O) groups is 2. The molecule has 0 spiro atoms. The van der Waals surface area contributed by atoms with Crippen LogP contribution in [0.5, 0.6) is 0 Å².